The number of thiophene rings is 1. The second-order valence-corrected chi connectivity index (χ2v) is 10.9. The van der Waals surface area contributed by atoms with Gasteiger partial charge in [-0.15, -0.1) is 11.3 Å². The van der Waals surface area contributed by atoms with E-state index in [9.17, 15) is 18.0 Å². The first-order valence-electron chi connectivity index (χ1n) is 9.29. The van der Waals surface area contributed by atoms with Crippen LogP contribution in [-0.2, 0) is 21.4 Å². The van der Waals surface area contributed by atoms with Gasteiger partial charge in [-0.3, -0.25) is 9.59 Å². The van der Waals surface area contributed by atoms with Gasteiger partial charge in [-0.1, -0.05) is 23.7 Å². The van der Waals surface area contributed by atoms with E-state index in [-0.39, 0.29) is 22.5 Å². The molecule has 0 spiro atoms. The number of piperidine rings is 1. The van der Waals surface area contributed by atoms with Crippen molar-refractivity contribution in [2.75, 3.05) is 20.1 Å². The summed E-state index contributed by atoms with van der Waals surface area (Å²) in [5.41, 5.74) is 0.475. The summed E-state index contributed by atoms with van der Waals surface area (Å²) in [6.07, 6.45) is 0.970. The molecule has 3 rings (SSSR count). The van der Waals surface area contributed by atoms with Crippen LogP contribution in [-0.4, -0.2) is 49.5 Å². The van der Waals surface area contributed by atoms with Crippen LogP contribution in [0.15, 0.2) is 41.3 Å². The Labute approximate surface area is 180 Å². The molecule has 0 saturated carbocycles. The Morgan fingerprint density at radius 1 is 1.14 bits per heavy atom. The van der Waals surface area contributed by atoms with E-state index in [1.807, 2.05) is 12.1 Å². The lowest BCUT2D eigenvalue weighted by Gasteiger charge is -2.32. The molecule has 1 fully saturated rings. The summed E-state index contributed by atoms with van der Waals surface area (Å²) in [4.78, 5) is 27.0. The second kappa shape index (κ2) is 8.95. The third-order valence-electron chi connectivity index (χ3n) is 5.10. The number of Topliss-reactive ketones (excluding diaryl/α,β-unsaturated/α-hetero) is 1. The van der Waals surface area contributed by atoms with Crippen molar-refractivity contribution in [3.05, 3.63) is 51.2 Å². The molecule has 9 heteroatoms. The Morgan fingerprint density at radius 2 is 1.76 bits per heavy atom. The van der Waals surface area contributed by atoms with Crippen molar-refractivity contribution in [2.45, 2.75) is 31.2 Å². The molecule has 2 heterocycles. The van der Waals surface area contributed by atoms with Gasteiger partial charge < -0.3 is 4.90 Å². The minimum Gasteiger partial charge on any atom is -0.340 e. The van der Waals surface area contributed by atoms with E-state index >= 15 is 0 Å². The van der Waals surface area contributed by atoms with Crippen LogP contribution >= 0.6 is 22.9 Å². The fraction of sp³-hybridized carbons (Fsp3) is 0.400. The monoisotopic (exact) mass is 454 g/mol. The second-order valence-electron chi connectivity index (χ2n) is 7.16. The molecule has 1 amide bonds. The molecule has 0 bridgehead atoms. The molecule has 0 atom stereocenters. The van der Waals surface area contributed by atoms with Crippen molar-refractivity contribution in [3.63, 3.8) is 0 Å². The van der Waals surface area contributed by atoms with Crippen LogP contribution in [0.3, 0.4) is 0 Å². The van der Waals surface area contributed by atoms with Crippen molar-refractivity contribution in [2.24, 2.45) is 5.92 Å². The third kappa shape index (κ3) is 5.06. The van der Waals surface area contributed by atoms with Gasteiger partial charge >= 0.3 is 0 Å². The van der Waals surface area contributed by atoms with Gasteiger partial charge in [-0.2, -0.15) is 4.31 Å². The Morgan fingerprint density at radius 3 is 2.28 bits per heavy atom. The lowest BCUT2D eigenvalue weighted by Crippen LogP contribution is -2.43. The maximum absolute atomic E-state index is 12.9. The highest BCUT2D eigenvalue weighted by Crippen LogP contribution is 2.27. The third-order valence-corrected chi connectivity index (χ3v) is 8.23. The summed E-state index contributed by atoms with van der Waals surface area (Å²) in [6, 6.07) is 9.69. The summed E-state index contributed by atoms with van der Waals surface area (Å²) >= 11 is 7.39. The molecule has 29 heavy (non-hydrogen) atoms. The summed E-state index contributed by atoms with van der Waals surface area (Å²) in [6.45, 7) is 2.53. The van der Waals surface area contributed by atoms with Gasteiger partial charge in [-0.25, -0.2) is 8.42 Å². The van der Waals surface area contributed by atoms with Gasteiger partial charge in [0.2, 0.25) is 15.9 Å². The fourth-order valence-electron chi connectivity index (χ4n) is 3.41. The van der Waals surface area contributed by atoms with E-state index < -0.39 is 10.0 Å². The highest BCUT2D eigenvalue weighted by atomic mass is 35.5. The molecular weight excluding hydrogens is 432 g/mol. The van der Waals surface area contributed by atoms with E-state index in [2.05, 4.69) is 0 Å². The number of nitrogens with zero attached hydrogens (tertiary/aromatic N) is 2. The first-order chi connectivity index (χ1) is 13.7. The molecule has 0 radical (unpaired) electrons. The zero-order valence-corrected chi connectivity index (χ0v) is 18.7. The van der Waals surface area contributed by atoms with Crippen LogP contribution in [0.4, 0.5) is 0 Å². The molecule has 1 aromatic heterocycles. The first-order valence-corrected chi connectivity index (χ1v) is 11.9. The van der Waals surface area contributed by atoms with Crippen LogP contribution in [0.1, 0.15) is 35.0 Å². The topological polar surface area (TPSA) is 74.8 Å². The van der Waals surface area contributed by atoms with Gasteiger partial charge in [0, 0.05) is 36.5 Å². The van der Waals surface area contributed by atoms with Crippen LogP contribution in [0.5, 0.6) is 0 Å². The van der Waals surface area contributed by atoms with E-state index in [0.717, 1.165) is 4.88 Å². The highest BCUT2D eigenvalue weighted by molar-refractivity contribution is 7.89. The van der Waals surface area contributed by atoms with Crippen LogP contribution < -0.4 is 0 Å². The number of benzene rings is 1. The predicted octanol–water partition coefficient (Wildman–Crippen LogP) is 3.66. The molecule has 6 nitrogen and oxygen atoms in total. The molecule has 0 unspecified atom stereocenters. The van der Waals surface area contributed by atoms with Crippen LogP contribution in [0, 0.1) is 5.92 Å². The average molecular weight is 455 g/mol. The first kappa shape index (κ1) is 22.0. The van der Waals surface area contributed by atoms with Gasteiger partial charge in [0.1, 0.15) is 0 Å². The minimum atomic E-state index is -3.64. The largest absolute Gasteiger partial charge is 0.340 e. The molecular formula is C20H23ClN2O4S2. The number of rotatable bonds is 6. The summed E-state index contributed by atoms with van der Waals surface area (Å²) in [5.74, 6) is -0.276. The highest BCUT2D eigenvalue weighted by Gasteiger charge is 2.33. The smallest absolute Gasteiger partial charge is 0.243 e. The number of ketones is 1. The normalized spacial score (nSPS) is 16.0. The Balaban J connectivity index is 1.60. The van der Waals surface area contributed by atoms with Gasteiger partial charge in [0.25, 0.3) is 0 Å². The molecule has 2 aromatic rings. The standard InChI is InChI=1S/C20H23ClN2O4S2/c1-14(24)15-3-6-18(7-4-15)29(26,27)23-11-9-16(10-12-23)20(25)22(2)13-17-5-8-19(21)28-17/h3-8,16H,9-13H2,1-2H3. The summed E-state index contributed by atoms with van der Waals surface area (Å²) in [5, 5.41) is 0. The van der Waals surface area contributed by atoms with Crippen LogP contribution in [0.2, 0.25) is 4.34 Å². The van der Waals surface area contributed by atoms with Crippen molar-refractivity contribution in [1.29, 1.82) is 0 Å². The average Bonchev–Trinajstić information content (AvgIpc) is 3.12. The molecule has 1 saturated heterocycles. The Bertz CT molecular complexity index is 994. The maximum Gasteiger partial charge on any atom is 0.243 e. The van der Waals surface area contributed by atoms with Crippen molar-refractivity contribution in [1.82, 2.24) is 9.21 Å². The summed E-state index contributed by atoms with van der Waals surface area (Å²) in [7, 11) is -1.88. The molecule has 156 valence electrons. The Kier molecular flexibility index (Phi) is 6.78. The molecule has 0 N–H and O–H groups in total. The summed E-state index contributed by atoms with van der Waals surface area (Å²) < 4.78 is 27.8. The zero-order valence-electron chi connectivity index (χ0n) is 16.3. The number of hydrogen-bond donors (Lipinski definition) is 0. The number of hydrogen-bond acceptors (Lipinski definition) is 5. The van der Waals surface area contributed by atoms with Gasteiger partial charge in [0.15, 0.2) is 5.78 Å². The van der Waals surface area contributed by atoms with Crippen molar-refractivity contribution in [3.8, 4) is 0 Å². The quantitative estimate of drug-likeness (QED) is 0.624. The molecule has 1 aliphatic heterocycles. The lowest BCUT2D eigenvalue weighted by atomic mass is 9.96. The van der Waals surface area contributed by atoms with E-state index in [1.165, 1.54) is 46.8 Å². The maximum atomic E-state index is 12.9. The number of amides is 1. The minimum absolute atomic E-state index is 0.0254. The van der Waals surface area contributed by atoms with Crippen LogP contribution in [0.25, 0.3) is 0 Å². The van der Waals surface area contributed by atoms with Gasteiger partial charge in [0.05, 0.1) is 15.8 Å². The molecule has 1 aromatic carbocycles. The fourth-order valence-corrected chi connectivity index (χ4v) is 6.02. The zero-order chi connectivity index (χ0) is 21.2. The number of sulfonamides is 1. The van der Waals surface area contributed by atoms with E-state index in [0.29, 0.717) is 42.4 Å². The number of carbonyl (C=O) groups is 2. The van der Waals surface area contributed by atoms with Crippen molar-refractivity contribution >= 4 is 44.7 Å². The number of halogens is 1. The molecule has 0 aliphatic carbocycles. The van der Waals surface area contributed by atoms with Crippen molar-refractivity contribution < 1.29 is 18.0 Å². The van der Waals surface area contributed by atoms with E-state index in [1.54, 1.807) is 11.9 Å². The Hall–Kier alpha value is -1.74. The number of carbonyl (C=O) groups excluding carboxylic acids is 2. The lowest BCUT2D eigenvalue weighted by molar-refractivity contribution is -0.135. The van der Waals surface area contributed by atoms with E-state index in [4.69, 9.17) is 11.6 Å². The SMILES string of the molecule is CC(=O)c1ccc(S(=O)(=O)N2CCC(C(=O)N(C)Cc3ccc(Cl)s3)CC2)cc1. The predicted molar refractivity (Wildman–Crippen MR) is 114 cm³/mol. The molecule has 1 aliphatic rings. The van der Waals surface area contributed by atoms with Gasteiger partial charge in [-0.05, 0) is 44.0 Å².